The van der Waals surface area contributed by atoms with E-state index in [2.05, 4.69) is 5.16 Å². The Labute approximate surface area is 206 Å². The fourth-order valence-corrected chi connectivity index (χ4v) is 6.94. The first-order chi connectivity index (χ1) is 16.9. The topological polar surface area (TPSA) is 104 Å². The Morgan fingerprint density at radius 1 is 1.08 bits per heavy atom. The van der Waals surface area contributed by atoms with Crippen molar-refractivity contribution in [2.24, 2.45) is 11.3 Å². The molecule has 0 amide bonds. The van der Waals surface area contributed by atoms with E-state index in [4.69, 9.17) is 4.52 Å². The molecule has 0 bridgehead atoms. The van der Waals surface area contributed by atoms with Crippen molar-refractivity contribution in [2.75, 3.05) is 5.75 Å². The number of aromatic nitrogens is 3. The first-order valence-corrected chi connectivity index (χ1v) is 13.8. The van der Waals surface area contributed by atoms with Gasteiger partial charge in [-0.1, -0.05) is 12.1 Å². The van der Waals surface area contributed by atoms with E-state index in [0.29, 0.717) is 17.0 Å². The van der Waals surface area contributed by atoms with Gasteiger partial charge < -0.3 is 4.52 Å². The highest BCUT2D eigenvalue weighted by Gasteiger charge is 2.42. The molecule has 3 aromatic rings. The van der Waals surface area contributed by atoms with Crippen LogP contribution in [0.3, 0.4) is 0 Å². The maximum Gasteiger partial charge on any atom is 0.331 e. The number of sulfone groups is 1. The van der Waals surface area contributed by atoms with Crippen LogP contribution in [0, 0.1) is 18.3 Å². The Morgan fingerprint density at radius 2 is 1.78 bits per heavy atom. The van der Waals surface area contributed by atoms with Gasteiger partial charge in [-0.05, 0) is 62.1 Å². The molecule has 0 radical (unpaired) electrons. The molecule has 11 heteroatoms. The third-order valence-electron chi connectivity index (χ3n) is 7.47. The smallest absolute Gasteiger partial charge is 0.331 e. The number of fused-ring (bicyclic) bond motifs is 1. The van der Waals surface area contributed by atoms with Crippen LogP contribution in [0.4, 0.5) is 8.78 Å². The van der Waals surface area contributed by atoms with Gasteiger partial charge in [0.15, 0.2) is 15.6 Å². The number of aryl methyl sites for hydroxylation is 1. The van der Waals surface area contributed by atoms with Crippen molar-refractivity contribution >= 4 is 20.7 Å². The number of alkyl halides is 2. The Bertz CT molecular complexity index is 1540. The molecule has 0 aliphatic heterocycles. The predicted molar refractivity (Wildman–Crippen MR) is 129 cm³/mol. The second kappa shape index (κ2) is 8.64. The van der Waals surface area contributed by atoms with Gasteiger partial charge >= 0.3 is 5.69 Å². The van der Waals surface area contributed by atoms with Crippen LogP contribution < -0.4 is 11.2 Å². The molecular weight excluding hydrogens is 492 g/mol. The molecule has 8 nitrogen and oxygen atoms in total. The second-order valence-electron chi connectivity index (χ2n) is 10.8. The van der Waals surface area contributed by atoms with Crippen LogP contribution in [0.1, 0.15) is 56.9 Å². The Balaban J connectivity index is 1.61. The summed E-state index contributed by atoms with van der Waals surface area (Å²) in [6, 6.07) is 5.87. The lowest BCUT2D eigenvalue weighted by Crippen LogP contribution is -2.41. The number of hydrogen-bond acceptors (Lipinski definition) is 6. The lowest BCUT2D eigenvalue weighted by molar-refractivity contribution is -0.0473. The van der Waals surface area contributed by atoms with Crippen molar-refractivity contribution in [2.45, 2.75) is 76.3 Å². The van der Waals surface area contributed by atoms with E-state index in [0.717, 1.165) is 17.4 Å². The van der Waals surface area contributed by atoms with Gasteiger partial charge in [0.25, 0.3) is 5.56 Å². The van der Waals surface area contributed by atoms with Crippen LogP contribution in [0.25, 0.3) is 10.9 Å². The van der Waals surface area contributed by atoms with Gasteiger partial charge in [0.2, 0.25) is 5.92 Å². The summed E-state index contributed by atoms with van der Waals surface area (Å²) in [6.45, 7) is 3.62. The van der Waals surface area contributed by atoms with Gasteiger partial charge in [-0.3, -0.25) is 13.9 Å². The SMILES string of the molecule is Cc1cc(Cn2c(=O)c3cc(S(=O)(=O)CC4(C)CC4)ccc3n(CC3CCC(F)(F)CC3)c2=O)on1. The summed E-state index contributed by atoms with van der Waals surface area (Å²) in [4.78, 5) is 27.0. The fourth-order valence-electron chi connectivity index (χ4n) is 5.00. The van der Waals surface area contributed by atoms with Crippen LogP contribution in [-0.2, 0) is 22.9 Å². The Morgan fingerprint density at radius 3 is 2.39 bits per heavy atom. The van der Waals surface area contributed by atoms with Gasteiger partial charge in [0, 0.05) is 25.5 Å². The fraction of sp³-hybridized carbons (Fsp3) is 0.560. The van der Waals surface area contributed by atoms with Crippen LogP contribution in [0.2, 0.25) is 0 Å². The van der Waals surface area contributed by atoms with E-state index in [1.54, 1.807) is 13.0 Å². The third kappa shape index (κ3) is 4.89. The molecule has 0 unspecified atom stereocenters. The molecule has 0 N–H and O–H groups in total. The monoisotopic (exact) mass is 521 g/mol. The number of hydrogen-bond donors (Lipinski definition) is 0. The molecule has 0 saturated heterocycles. The molecule has 2 fully saturated rings. The molecule has 1 aromatic carbocycles. The highest BCUT2D eigenvalue weighted by atomic mass is 32.2. The number of benzene rings is 1. The standard InChI is InChI=1S/C25H29F2N3O5S/c1-16-11-18(35-28-16)14-30-22(31)20-12-19(36(33,34)15-24(2)9-10-24)3-4-21(20)29(23(30)32)13-17-5-7-25(26,27)8-6-17/h3-4,11-12,17H,5-10,13-15H2,1-2H3. The molecule has 2 aromatic heterocycles. The molecule has 2 aliphatic carbocycles. The van der Waals surface area contributed by atoms with Crippen LogP contribution in [0.5, 0.6) is 0 Å². The van der Waals surface area contributed by atoms with Gasteiger partial charge in [0.1, 0.15) is 0 Å². The van der Waals surface area contributed by atoms with Crippen LogP contribution in [0.15, 0.2) is 43.3 Å². The lowest BCUT2D eigenvalue weighted by Gasteiger charge is -2.29. The molecule has 0 spiro atoms. The molecule has 2 aliphatic rings. The average molecular weight is 522 g/mol. The normalized spacial score (nSPS) is 19.6. The van der Waals surface area contributed by atoms with Gasteiger partial charge in [-0.25, -0.2) is 22.0 Å². The Kier molecular flexibility index (Phi) is 5.96. The molecular formula is C25H29F2N3O5S. The highest BCUT2D eigenvalue weighted by Crippen LogP contribution is 2.47. The van der Waals surface area contributed by atoms with Gasteiger partial charge in [0.05, 0.1) is 33.8 Å². The maximum absolute atomic E-state index is 13.7. The zero-order valence-corrected chi connectivity index (χ0v) is 21.1. The second-order valence-corrected chi connectivity index (χ2v) is 12.8. The molecule has 194 valence electrons. The summed E-state index contributed by atoms with van der Waals surface area (Å²) < 4.78 is 61.2. The van der Waals surface area contributed by atoms with E-state index >= 15 is 0 Å². The predicted octanol–water partition coefficient (Wildman–Crippen LogP) is 3.91. The number of nitrogens with zero attached hydrogens (tertiary/aromatic N) is 3. The maximum atomic E-state index is 13.7. The highest BCUT2D eigenvalue weighted by molar-refractivity contribution is 7.91. The van der Waals surface area contributed by atoms with E-state index in [1.807, 2.05) is 6.92 Å². The largest absolute Gasteiger partial charge is 0.359 e. The van der Waals surface area contributed by atoms with Gasteiger partial charge in [-0.2, -0.15) is 0 Å². The summed E-state index contributed by atoms with van der Waals surface area (Å²) in [5.41, 5.74) is -0.599. The summed E-state index contributed by atoms with van der Waals surface area (Å²) in [5.74, 6) is -2.57. The molecule has 0 atom stereocenters. The van der Waals surface area contributed by atoms with Crippen molar-refractivity contribution in [1.29, 1.82) is 0 Å². The zero-order valence-electron chi connectivity index (χ0n) is 20.3. The average Bonchev–Trinajstić information content (AvgIpc) is 3.38. The van der Waals surface area contributed by atoms with Gasteiger partial charge in [-0.15, -0.1) is 0 Å². The quantitative estimate of drug-likeness (QED) is 0.467. The molecule has 5 rings (SSSR count). The summed E-state index contributed by atoms with van der Waals surface area (Å²) >= 11 is 0. The number of rotatable bonds is 7. The first kappa shape index (κ1) is 24.9. The van der Waals surface area contributed by atoms with E-state index in [1.165, 1.54) is 22.8 Å². The Hall–Kier alpha value is -2.82. The molecule has 2 heterocycles. The number of halogens is 2. The lowest BCUT2D eigenvalue weighted by atomic mass is 9.86. The van der Waals surface area contributed by atoms with E-state index in [9.17, 15) is 26.8 Å². The van der Waals surface area contributed by atoms with Crippen molar-refractivity contribution < 1.29 is 21.7 Å². The molecule has 36 heavy (non-hydrogen) atoms. The van der Waals surface area contributed by atoms with Crippen molar-refractivity contribution in [1.82, 2.24) is 14.3 Å². The van der Waals surface area contributed by atoms with Crippen LogP contribution in [-0.4, -0.2) is 34.4 Å². The van der Waals surface area contributed by atoms with Crippen LogP contribution >= 0.6 is 0 Å². The third-order valence-corrected chi connectivity index (χ3v) is 9.51. The molecule has 2 saturated carbocycles. The summed E-state index contributed by atoms with van der Waals surface area (Å²) in [6.07, 6.45) is 1.69. The minimum Gasteiger partial charge on any atom is -0.359 e. The van der Waals surface area contributed by atoms with E-state index in [-0.39, 0.29) is 66.1 Å². The first-order valence-electron chi connectivity index (χ1n) is 12.2. The summed E-state index contributed by atoms with van der Waals surface area (Å²) in [5, 5.41) is 3.89. The minimum atomic E-state index is -3.64. The minimum absolute atomic E-state index is 0.00698. The summed E-state index contributed by atoms with van der Waals surface area (Å²) in [7, 11) is -3.64. The van der Waals surface area contributed by atoms with E-state index < -0.39 is 27.0 Å². The van der Waals surface area contributed by atoms with Crippen molar-refractivity contribution in [3.8, 4) is 0 Å². The van der Waals surface area contributed by atoms with Crippen molar-refractivity contribution in [3.63, 3.8) is 0 Å². The van der Waals surface area contributed by atoms with Crippen molar-refractivity contribution in [3.05, 3.63) is 56.6 Å². The zero-order chi connectivity index (χ0) is 25.9.